The van der Waals surface area contributed by atoms with Gasteiger partial charge in [-0.1, -0.05) is 6.08 Å². The van der Waals surface area contributed by atoms with Crippen molar-refractivity contribution in [2.45, 2.75) is 19.3 Å². The maximum absolute atomic E-state index is 5.94. The zero-order valence-corrected chi connectivity index (χ0v) is 10.9. The minimum atomic E-state index is 0.773. The van der Waals surface area contributed by atoms with Crippen molar-refractivity contribution in [3.05, 3.63) is 36.2 Å². The number of pyridine rings is 1. The second-order valence-corrected chi connectivity index (χ2v) is 5.68. The van der Waals surface area contributed by atoms with E-state index in [9.17, 15) is 0 Å². The second kappa shape index (κ2) is 4.49. The summed E-state index contributed by atoms with van der Waals surface area (Å²) in [6.45, 7) is 2.33. The number of rotatable bonds is 1. The molecule has 2 aromatic heterocycles. The van der Waals surface area contributed by atoms with Gasteiger partial charge in [0.25, 0.3) is 0 Å². The lowest BCUT2D eigenvalue weighted by molar-refractivity contribution is 0.251. The Hall–Kier alpha value is -1.61. The van der Waals surface area contributed by atoms with Crippen molar-refractivity contribution in [3.63, 3.8) is 0 Å². The molecule has 0 amide bonds. The summed E-state index contributed by atoms with van der Waals surface area (Å²) in [5.74, 6) is 2.65. The van der Waals surface area contributed by atoms with E-state index in [0.29, 0.717) is 0 Å². The van der Waals surface area contributed by atoms with Gasteiger partial charge in [-0.2, -0.15) is 0 Å². The van der Waals surface area contributed by atoms with Crippen LogP contribution in [0.3, 0.4) is 0 Å². The highest BCUT2D eigenvalue weighted by Gasteiger charge is 2.29. The molecule has 2 aromatic rings. The summed E-state index contributed by atoms with van der Waals surface area (Å²) < 4.78 is 5.94. The third-order valence-corrected chi connectivity index (χ3v) is 4.52. The fourth-order valence-corrected chi connectivity index (χ4v) is 3.41. The fourth-order valence-electron chi connectivity index (χ4n) is 3.41. The van der Waals surface area contributed by atoms with E-state index in [1.807, 2.05) is 18.3 Å². The van der Waals surface area contributed by atoms with Gasteiger partial charge in [-0.25, -0.2) is 0 Å². The van der Waals surface area contributed by atoms with E-state index in [0.717, 1.165) is 41.7 Å². The molecule has 0 bridgehead atoms. The molecule has 98 valence electrons. The number of fused-ring (bicyclic) bond motifs is 2. The number of nitrogens with zero attached hydrogens (tertiary/aromatic N) is 1. The smallest absolute Gasteiger partial charge is 0.153 e. The minimum absolute atomic E-state index is 0.773. The Morgan fingerprint density at radius 3 is 3.26 bits per heavy atom. The molecule has 3 nitrogen and oxygen atoms in total. The van der Waals surface area contributed by atoms with Gasteiger partial charge >= 0.3 is 0 Å². The van der Waals surface area contributed by atoms with E-state index in [1.165, 1.54) is 25.0 Å². The molecule has 0 aromatic carbocycles. The lowest BCUT2D eigenvalue weighted by atomic mass is 9.75. The van der Waals surface area contributed by atoms with Crippen molar-refractivity contribution in [1.29, 1.82) is 0 Å². The van der Waals surface area contributed by atoms with Crippen LogP contribution in [0.15, 0.2) is 34.9 Å². The standard InChI is InChI=1S/C16H18N2O/c1-2-15-14(18-6-1)9-16(19-15)12-4-3-11-5-7-17-10-13(11)8-12/h1-2,4,6,9,11,13,17H,3,5,7-8,10H2. The van der Waals surface area contributed by atoms with Crippen molar-refractivity contribution in [2.75, 3.05) is 13.1 Å². The highest BCUT2D eigenvalue weighted by molar-refractivity contribution is 5.78. The Morgan fingerprint density at radius 1 is 1.32 bits per heavy atom. The topological polar surface area (TPSA) is 38.1 Å². The zero-order chi connectivity index (χ0) is 12.7. The van der Waals surface area contributed by atoms with Gasteiger partial charge in [0.05, 0.1) is 0 Å². The number of hydrogen-bond donors (Lipinski definition) is 1. The highest BCUT2D eigenvalue weighted by Crippen LogP contribution is 2.38. The van der Waals surface area contributed by atoms with Crippen LogP contribution < -0.4 is 5.32 Å². The van der Waals surface area contributed by atoms with E-state index in [4.69, 9.17) is 4.42 Å². The predicted octanol–water partition coefficient (Wildman–Crippen LogP) is 3.23. The van der Waals surface area contributed by atoms with Gasteiger partial charge in [0.2, 0.25) is 0 Å². The molecule has 4 rings (SSSR count). The molecule has 3 heteroatoms. The monoisotopic (exact) mass is 254 g/mol. The molecular weight excluding hydrogens is 236 g/mol. The zero-order valence-electron chi connectivity index (χ0n) is 10.9. The van der Waals surface area contributed by atoms with Crippen molar-refractivity contribution >= 4 is 16.7 Å². The molecule has 0 saturated carbocycles. The number of hydrogen-bond acceptors (Lipinski definition) is 3. The van der Waals surface area contributed by atoms with Crippen LogP contribution >= 0.6 is 0 Å². The molecule has 2 atom stereocenters. The van der Waals surface area contributed by atoms with E-state index in [2.05, 4.69) is 22.4 Å². The van der Waals surface area contributed by atoms with Gasteiger partial charge in [0.1, 0.15) is 11.3 Å². The van der Waals surface area contributed by atoms with Crippen molar-refractivity contribution in [2.24, 2.45) is 11.8 Å². The average Bonchev–Trinajstić information content (AvgIpc) is 2.90. The summed E-state index contributed by atoms with van der Waals surface area (Å²) in [7, 11) is 0. The first-order valence-electron chi connectivity index (χ1n) is 7.15. The molecule has 1 saturated heterocycles. The largest absolute Gasteiger partial charge is 0.455 e. The van der Waals surface area contributed by atoms with E-state index < -0.39 is 0 Å². The Balaban J connectivity index is 1.66. The Kier molecular flexibility index (Phi) is 2.66. The summed E-state index contributed by atoms with van der Waals surface area (Å²) in [5.41, 5.74) is 3.22. The summed E-state index contributed by atoms with van der Waals surface area (Å²) in [6, 6.07) is 5.99. The van der Waals surface area contributed by atoms with Crippen LogP contribution in [0.4, 0.5) is 0 Å². The van der Waals surface area contributed by atoms with Crippen molar-refractivity contribution in [3.8, 4) is 0 Å². The minimum Gasteiger partial charge on any atom is -0.455 e. The summed E-state index contributed by atoms with van der Waals surface area (Å²) >= 11 is 0. The van der Waals surface area contributed by atoms with E-state index >= 15 is 0 Å². The quantitative estimate of drug-likeness (QED) is 0.849. The Morgan fingerprint density at radius 2 is 2.32 bits per heavy atom. The first-order chi connectivity index (χ1) is 9.40. The normalized spacial score (nSPS) is 27.1. The third kappa shape index (κ3) is 1.98. The van der Waals surface area contributed by atoms with Gasteiger partial charge < -0.3 is 9.73 Å². The lowest BCUT2D eigenvalue weighted by Gasteiger charge is -2.35. The number of aromatic nitrogens is 1. The van der Waals surface area contributed by atoms with Crippen LogP contribution in [-0.4, -0.2) is 18.1 Å². The SMILES string of the molecule is C1=C(c2cc3ncccc3o2)CC2CNCCC2C1. The van der Waals surface area contributed by atoms with Gasteiger partial charge in [-0.05, 0) is 61.9 Å². The van der Waals surface area contributed by atoms with Crippen LogP contribution in [0.2, 0.25) is 0 Å². The first kappa shape index (κ1) is 11.2. The van der Waals surface area contributed by atoms with Gasteiger partial charge in [-0.3, -0.25) is 4.98 Å². The number of piperidine rings is 1. The second-order valence-electron chi connectivity index (χ2n) is 5.68. The first-order valence-corrected chi connectivity index (χ1v) is 7.15. The number of nitrogens with one attached hydrogen (secondary N) is 1. The molecule has 3 heterocycles. The maximum atomic E-state index is 5.94. The molecule has 1 aliphatic heterocycles. The molecule has 1 aliphatic carbocycles. The van der Waals surface area contributed by atoms with Gasteiger partial charge in [-0.15, -0.1) is 0 Å². The molecule has 2 aliphatic rings. The number of allylic oxidation sites excluding steroid dienone is 2. The summed E-state index contributed by atoms with van der Waals surface area (Å²) in [6.07, 6.45) is 7.85. The Bertz CT molecular complexity index is 595. The van der Waals surface area contributed by atoms with E-state index in [-0.39, 0.29) is 0 Å². The molecule has 2 unspecified atom stereocenters. The van der Waals surface area contributed by atoms with Crippen LogP contribution in [-0.2, 0) is 0 Å². The highest BCUT2D eigenvalue weighted by atomic mass is 16.3. The molecule has 0 spiro atoms. The summed E-state index contributed by atoms with van der Waals surface area (Å²) in [5, 5.41) is 3.51. The lowest BCUT2D eigenvalue weighted by Crippen LogP contribution is -2.37. The van der Waals surface area contributed by atoms with Crippen molar-refractivity contribution in [1.82, 2.24) is 10.3 Å². The van der Waals surface area contributed by atoms with Gasteiger partial charge in [0.15, 0.2) is 5.58 Å². The van der Waals surface area contributed by atoms with Crippen LogP contribution in [0.25, 0.3) is 16.7 Å². The van der Waals surface area contributed by atoms with E-state index in [1.54, 1.807) is 0 Å². The third-order valence-electron chi connectivity index (χ3n) is 4.52. The molecule has 1 N–H and O–H groups in total. The molecule has 0 radical (unpaired) electrons. The summed E-state index contributed by atoms with van der Waals surface area (Å²) in [4.78, 5) is 4.34. The molecule has 19 heavy (non-hydrogen) atoms. The van der Waals surface area contributed by atoms with Crippen LogP contribution in [0.5, 0.6) is 0 Å². The molecular formula is C16H18N2O. The van der Waals surface area contributed by atoms with Crippen LogP contribution in [0, 0.1) is 11.8 Å². The maximum Gasteiger partial charge on any atom is 0.153 e. The van der Waals surface area contributed by atoms with Gasteiger partial charge in [0, 0.05) is 12.3 Å². The Labute approximate surface area is 112 Å². The molecule has 1 fully saturated rings. The fraction of sp³-hybridized carbons (Fsp3) is 0.438. The van der Waals surface area contributed by atoms with Crippen LogP contribution in [0.1, 0.15) is 25.0 Å². The predicted molar refractivity (Wildman–Crippen MR) is 75.7 cm³/mol. The number of furan rings is 1. The van der Waals surface area contributed by atoms with Crippen molar-refractivity contribution < 1.29 is 4.42 Å². The average molecular weight is 254 g/mol.